The molecule has 1 aliphatic heterocycles. The highest BCUT2D eigenvalue weighted by Gasteiger charge is 2.28. The number of amides is 2. The molecule has 31 heavy (non-hydrogen) atoms. The minimum Gasteiger partial charge on any atom is -0.497 e. The number of carbonyl (C=O) groups is 2. The number of hydrogen-bond acceptors (Lipinski definition) is 5. The number of anilines is 1. The number of rotatable bonds is 8. The zero-order valence-electron chi connectivity index (χ0n) is 18.5. The van der Waals surface area contributed by atoms with Crippen LogP contribution >= 0.6 is 0 Å². The third kappa shape index (κ3) is 5.90. The molecule has 0 aromatic heterocycles. The number of benzene rings is 2. The molecule has 7 heteroatoms. The highest BCUT2D eigenvalue weighted by atomic mass is 16.5. The van der Waals surface area contributed by atoms with Gasteiger partial charge in [0.05, 0.1) is 14.2 Å². The van der Waals surface area contributed by atoms with E-state index >= 15 is 0 Å². The van der Waals surface area contributed by atoms with Crippen LogP contribution < -0.4 is 19.7 Å². The highest BCUT2D eigenvalue weighted by Crippen LogP contribution is 2.25. The van der Waals surface area contributed by atoms with Gasteiger partial charge in [-0.15, -0.1) is 0 Å². The number of methoxy groups -OCH3 is 2. The first-order chi connectivity index (χ1) is 15.0. The fourth-order valence-electron chi connectivity index (χ4n) is 3.76. The number of para-hydroxylation sites is 1. The smallest absolute Gasteiger partial charge is 0.254 e. The summed E-state index contributed by atoms with van der Waals surface area (Å²) in [4.78, 5) is 29.4. The third-order valence-corrected chi connectivity index (χ3v) is 5.69. The van der Waals surface area contributed by atoms with Gasteiger partial charge in [-0.2, -0.15) is 0 Å². The summed E-state index contributed by atoms with van der Waals surface area (Å²) < 4.78 is 10.5. The van der Waals surface area contributed by atoms with Crippen molar-refractivity contribution in [3.63, 3.8) is 0 Å². The van der Waals surface area contributed by atoms with Crippen molar-refractivity contribution >= 4 is 17.5 Å². The van der Waals surface area contributed by atoms with Gasteiger partial charge in [-0.05, 0) is 37.1 Å². The van der Waals surface area contributed by atoms with E-state index in [-0.39, 0.29) is 17.7 Å². The van der Waals surface area contributed by atoms with Crippen molar-refractivity contribution in [3.8, 4) is 11.5 Å². The maximum atomic E-state index is 12.9. The molecule has 2 amide bonds. The van der Waals surface area contributed by atoms with Gasteiger partial charge in [-0.3, -0.25) is 9.59 Å². The summed E-state index contributed by atoms with van der Waals surface area (Å²) in [6.07, 6.45) is 1.32. The molecular formula is C24H31N3O4. The van der Waals surface area contributed by atoms with E-state index in [0.717, 1.165) is 12.2 Å². The number of likely N-dealkylation sites (N-methyl/N-ethyl adjacent to an activating group) is 1. The van der Waals surface area contributed by atoms with E-state index in [0.29, 0.717) is 49.5 Å². The molecule has 0 bridgehead atoms. The van der Waals surface area contributed by atoms with Crippen LogP contribution in [0, 0.1) is 5.92 Å². The van der Waals surface area contributed by atoms with Gasteiger partial charge in [-0.1, -0.05) is 18.2 Å². The molecule has 0 aliphatic carbocycles. The van der Waals surface area contributed by atoms with Crippen molar-refractivity contribution in [1.29, 1.82) is 0 Å². The molecule has 3 rings (SSSR count). The van der Waals surface area contributed by atoms with Crippen molar-refractivity contribution in [2.75, 3.05) is 52.3 Å². The van der Waals surface area contributed by atoms with Crippen LogP contribution in [0.1, 0.15) is 23.2 Å². The summed E-state index contributed by atoms with van der Waals surface area (Å²) in [6.45, 7) is 2.44. The Balaban J connectivity index is 1.46. The summed E-state index contributed by atoms with van der Waals surface area (Å²) in [5.41, 5.74) is 1.65. The number of likely N-dealkylation sites (tertiary alicyclic amines) is 1. The Morgan fingerprint density at radius 1 is 1.03 bits per heavy atom. The zero-order chi connectivity index (χ0) is 22.2. The molecule has 1 aliphatic rings. The highest BCUT2D eigenvalue weighted by molar-refractivity contribution is 5.95. The van der Waals surface area contributed by atoms with Gasteiger partial charge in [0.1, 0.15) is 11.5 Å². The van der Waals surface area contributed by atoms with E-state index in [1.54, 1.807) is 37.3 Å². The number of carbonyl (C=O) groups excluding carboxylic acids is 2. The minimum absolute atomic E-state index is 0.0640. The molecule has 0 spiro atoms. The van der Waals surface area contributed by atoms with Gasteiger partial charge in [0.2, 0.25) is 5.91 Å². The van der Waals surface area contributed by atoms with Crippen molar-refractivity contribution in [2.45, 2.75) is 12.8 Å². The molecular weight excluding hydrogens is 394 g/mol. The number of hydrogen-bond donors (Lipinski definition) is 1. The van der Waals surface area contributed by atoms with E-state index < -0.39 is 0 Å². The molecule has 1 N–H and O–H groups in total. The first kappa shape index (κ1) is 22.5. The zero-order valence-corrected chi connectivity index (χ0v) is 18.5. The van der Waals surface area contributed by atoms with Gasteiger partial charge in [0.25, 0.3) is 5.91 Å². The summed E-state index contributed by atoms with van der Waals surface area (Å²) in [7, 11) is 5.13. The maximum absolute atomic E-state index is 12.9. The first-order valence-electron chi connectivity index (χ1n) is 10.6. The third-order valence-electron chi connectivity index (χ3n) is 5.69. The average Bonchev–Trinajstić information content (AvgIpc) is 2.83. The molecule has 0 unspecified atom stereocenters. The number of piperidine rings is 1. The summed E-state index contributed by atoms with van der Waals surface area (Å²) in [6, 6.07) is 15.3. The lowest BCUT2D eigenvalue weighted by molar-refractivity contribution is -0.126. The predicted molar refractivity (Wildman–Crippen MR) is 121 cm³/mol. The molecule has 2 aromatic carbocycles. The van der Waals surface area contributed by atoms with Crippen LogP contribution in [0.3, 0.4) is 0 Å². The standard InChI is InChI=1S/C24H31N3O4/c1-26(20-7-5-4-6-8-20)14-11-25-23(28)18-9-12-27(13-10-18)24(29)19-15-21(30-2)17-22(16-19)31-3/h4-8,15-18H,9-14H2,1-3H3,(H,25,28). The summed E-state index contributed by atoms with van der Waals surface area (Å²) in [5, 5.41) is 3.04. The first-order valence-corrected chi connectivity index (χ1v) is 10.6. The van der Waals surface area contributed by atoms with Gasteiger partial charge in [-0.25, -0.2) is 0 Å². The van der Waals surface area contributed by atoms with Crippen LogP contribution in [0.5, 0.6) is 11.5 Å². The van der Waals surface area contributed by atoms with Crippen LogP contribution in [0.15, 0.2) is 48.5 Å². The van der Waals surface area contributed by atoms with E-state index in [2.05, 4.69) is 10.2 Å². The molecule has 0 saturated carbocycles. The molecule has 7 nitrogen and oxygen atoms in total. The molecule has 1 heterocycles. The van der Waals surface area contributed by atoms with Gasteiger partial charge in [0, 0.05) is 56.5 Å². The van der Waals surface area contributed by atoms with Crippen molar-refractivity contribution in [2.24, 2.45) is 5.92 Å². The minimum atomic E-state index is -0.0689. The second kappa shape index (κ2) is 10.7. The summed E-state index contributed by atoms with van der Waals surface area (Å²) >= 11 is 0. The molecule has 1 saturated heterocycles. The Kier molecular flexibility index (Phi) is 7.76. The van der Waals surface area contributed by atoms with Gasteiger partial charge >= 0.3 is 0 Å². The Labute approximate surface area is 183 Å². The molecule has 166 valence electrons. The monoisotopic (exact) mass is 425 g/mol. The number of nitrogens with one attached hydrogen (secondary N) is 1. The van der Waals surface area contributed by atoms with Crippen LogP contribution in [0.2, 0.25) is 0 Å². The average molecular weight is 426 g/mol. The Morgan fingerprint density at radius 2 is 1.65 bits per heavy atom. The Morgan fingerprint density at radius 3 is 2.23 bits per heavy atom. The van der Waals surface area contributed by atoms with E-state index in [1.165, 1.54) is 0 Å². The lowest BCUT2D eigenvalue weighted by atomic mass is 9.95. The van der Waals surface area contributed by atoms with Crippen molar-refractivity contribution in [3.05, 3.63) is 54.1 Å². The number of ether oxygens (including phenoxy) is 2. The maximum Gasteiger partial charge on any atom is 0.254 e. The fraction of sp³-hybridized carbons (Fsp3) is 0.417. The number of nitrogens with zero attached hydrogens (tertiary/aromatic N) is 2. The van der Waals surface area contributed by atoms with Crippen molar-refractivity contribution < 1.29 is 19.1 Å². The Hall–Kier alpha value is -3.22. The summed E-state index contributed by atoms with van der Waals surface area (Å²) in [5.74, 6) is 1.10. The lowest BCUT2D eigenvalue weighted by Crippen LogP contribution is -2.44. The second-order valence-corrected chi connectivity index (χ2v) is 7.72. The molecule has 2 aromatic rings. The van der Waals surface area contributed by atoms with Crippen LogP contribution in [0.25, 0.3) is 0 Å². The second-order valence-electron chi connectivity index (χ2n) is 7.72. The molecule has 0 atom stereocenters. The SMILES string of the molecule is COc1cc(OC)cc(C(=O)N2CCC(C(=O)NCCN(C)c3ccccc3)CC2)c1. The van der Waals surface area contributed by atoms with E-state index in [4.69, 9.17) is 9.47 Å². The van der Waals surface area contributed by atoms with Crippen molar-refractivity contribution in [1.82, 2.24) is 10.2 Å². The van der Waals surface area contributed by atoms with E-state index in [9.17, 15) is 9.59 Å². The molecule has 1 fully saturated rings. The van der Waals surface area contributed by atoms with Crippen LogP contribution in [-0.4, -0.2) is 64.2 Å². The van der Waals surface area contributed by atoms with Gasteiger partial charge < -0.3 is 24.6 Å². The normalized spacial score (nSPS) is 14.1. The lowest BCUT2D eigenvalue weighted by Gasteiger charge is -2.31. The molecule has 0 radical (unpaired) electrons. The quantitative estimate of drug-likeness (QED) is 0.704. The van der Waals surface area contributed by atoms with Crippen LogP contribution in [-0.2, 0) is 4.79 Å². The fourth-order valence-corrected chi connectivity index (χ4v) is 3.76. The topological polar surface area (TPSA) is 71.1 Å². The van der Waals surface area contributed by atoms with Gasteiger partial charge in [0.15, 0.2) is 0 Å². The van der Waals surface area contributed by atoms with E-state index in [1.807, 2.05) is 37.4 Å². The largest absolute Gasteiger partial charge is 0.497 e. The Bertz CT molecular complexity index is 857. The predicted octanol–water partition coefficient (Wildman–Crippen LogP) is 2.81. The van der Waals surface area contributed by atoms with Crippen LogP contribution in [0.4, 0.5) is 5.69 Å².